The number of dihydropyridines is 1. The van der Waals surface area contributed by atoms with Gasteiger partial charge < -0.3 is 14.8 Å². The average Bonchev–Trinajstić information content (AvgIpc) is 2.78. The maximum Gasteiger partial charge on any atom is 0.336 e. The third-order valence-electron chi connectivity index (χ3n) is 6.02. The van der Waals surface area contributed by atoms with Crippen molar-refractivity contribution in [3.63, 3.8) is 0 Å². The number of Topliss-reactive ketones (excluding diaryl/α,β-unsaturated/α-hetero) is 1. The number of rotatable bonds is 4. The Balaban J connectivity index is 1.78. The van der Waals surface area contributed by atoms with Crippen molar-refractivity contribution < 1.29 is 19.1 Å². The first-order valence-corrected chi connectivity index (χ1v) is 10.5. The molecular weight excluding hydrogens is 414 g/mol. The predicted octanol–water partition coefficient (Wildman–Crippen LogP) is 4.88. The van der Waals surface area contributed by atoms with Crippen LogP contribution in [-0.4, -0.2) is 26.0 Å². The van der Waals surface area contributed by atoms with E-state index >= 15 is 0 Å². The van der Waals surface area contributed by atoms with Gasteiger partial charge in [0, 0.05) is 34.3 Å². The Morgan fingerprint density at radius 3 is 2.26 bits per heavy atom. The molecule has 0 spiro atoms. The first-order chi connectivity index (χ1) is 14.9. The van der Waals surface area contributed by atoms with Crippen LogP contribution in [-0.2, 0) is 14.3 Å². The fourth-order valence-electron chi connectivity index (χ4n) is 4.52. The molecule has 0 bridgehead atoms. The van der Waals surface area contributed by atoms with E-state index < -0.39 is 11.9 Å². The summed E-state index contributed by atoms with van der Waals surface area (Å²) in [4.78, 5) is 26.1. The van der Waals surface area contributed by atoms with Gasteiger partial charge in [0.25, 0.3) is 0 Å². The van der Waals surface area contributed by atoms with Crippen molar-refractivity contribution >= 4 is 23.4 Å². The van der Waals surface area contributed by atoms with Crippen LogP contribution < -0.4 is 10.1 Å². The summed E-state index contributed by atoms with van der Waals surface area (Å²) in [5, 5.41) is 4.00. The van der Waals surface area contributed by atoms with Crippen molar-refractivity contribution in [3.05, 3.63) is 87.2 Å². The van der Waals surface area contributed by atoms with Crippen molar-refractivity contribution in [3.8, 4) is 5.75 Å². The van der Waals surface area contributed by atoms with Crippen molar-refractivity contribution in [2.45, 2.75) is 31.6 Å². The van der Waals surface area contributed by atoms with Crippen molar-refractivity contribution in [1.29, 1.82) is 0 Å². The van der Waals surface area contributed by atoms with Crippen LogP contribution in [0.2, 0.25) is 5.02 Å². The van der Waals surface area contributed by atoms with E-state index in [1.807, 2.05) is 55.5 Å². The van der Waals surface area contributed by atoms with Gasteiger partial charge in [0.1, 0.15) is 5.75 Å². The monoisotopic (exact) mass is 437 g/mol. The minimum Gasteiger partial charge on any atom is -0.497 e. The van der Waals surface area contributed by atoms with Crippen LogP contribution in [0.25, 0.3) is 0 Å². The molecule has 4 rings (SSSR count). The van der Waals surface area contributed by atoms with Gasteiger partial charge in [-0.15, -0.1) is 0 Å². The summed E-state index contributed by atoms with van der Waals surface area (Å²) in [7, 11) is 2.96. The predicted molar refractivity (Wildman–Crippen MR) is 119 cm³/mol. The second-order valence-corrected chi connectivity index (χ2v) is 8.27. The quantitative estimate of drug-likeness (QED) is 0.690. The summed E-state index contributed by atoms with van der Waals surface area (Å²) in [5.41, 5.74) is 4.60. The lowest BCUT2D eigenvalue weighted by Crippen LogP contribution is -2.36. The number of methoxy groups -OCH3 is 2. The van der Waals surface area contributed by atoms with Gasteiger partial charge in [-0.2, -0.15) is 0 Å². The minimum absolute atomic E-state index is 0.0309. The Morgan fingerprint density at radius 2 is 1.65 bits per heavy atom. The summed E-state index contributed by atoms with van der Waals surface area (Å²) in [6.07, 6.45) is 1.06. The Hall–Kier alpha value is -3.05. The molecule has 2 aliphatic rings. The van der Waals surface area contributed by atoms with Crippen molar-refractivity contribution in [2.24, 2.45) is 0 Å². The van der Waals surface area contributed by atoms with E-state index in [1.54, 1.807) is 7.11 Å². The number of benzene rings is 2. The SMILES string of the molecule is COC(=O)C1=C(C)NC2=C(C(=O)CC(c3ccc(Cl)cc3)C2)C1c1ccc(OC)cc1. The van der Waals surface area contributed by atoms with E-state index in [4.69, 9.17) is 21.1 Å². The topological polar surface area (TPSA) is 64.6 Å². The van der Waals surface area contributed by atoms with E-state index in [2.05, 4.69) is 5.32 Å². The molecule has 0 saturated heterocycles. The van der Waals surface area contributed by atoms with Gasteiger partial charge in [0.05, 0.1) is 19.8 Å². The number of halogens is 1. The number of carbonyl (C=O) groups is 2. The van der Waals surface area contributed by atoms with Gasteiger partial charge in [-0.3, -0.25) is 4.79 Å². The van der Waals surface area contributed by atoms with Crippen molar-refractivity contribution in [1.82, 2.24) is 5.32 Å². The lowest BCUT2D eigenvalue weighted by molar-refractivity contribution is -0.136. The molecule has 1 aliphatic heterocycles. The number of allylic oxidation sites excluding steroid dienone is 3. The van der Waals surface area contributed by atoms with E-state index in [0.717, 1.165) is 16.8 Å². The zero-order chi connectivity index (χ0) is 22.1. The molecule has 0 fully saturated rings. The number of esters is 1. The third kappa shape index (κ3) is 3.98. The number of hydrogen-bond donors (Lipinski definition) is 1. The van der Waals surface area contributed by atoms with Gasteiger partial charge in [-0.25, -0.2) is 4.79 Å². The summed E-state index contributed by atoms with van der Waals surface area (Å²) >= 11 is 6.03. The van der Waals surface area contributed by atoms with E-state index in [-0.39, 0.29) is 11.7 Å². The number of carbonyl (C=O) groups excluding carboxylic acids is 2. The fourth-order valence-corrected chi connectivity index (χ4v) is 4.65. The second kappa shape index (κ2) is 8.60. The molecule has 2 aromatic rings. The number of ether oxygens (including phenoxy) is 2. The van der Waals surface area contributed by atoms with Crippen LogP contribution in [0.1, 0.15) is 42.7 Å². The Kier molecular flexibility index (Phi) is 5.88. The molecular formula is C25H24ClNO4. The highest BCUT2D eigenvalue weighted by molar-refractivity contribution is 6.30. The lowest BCUT2D eigenvalue weighted by Gasteiger charge is -2.36. The third-order valence-corrected chi connectivity index (χ3v) is 6.28. The molecule has 1 heterocycles. The number of nitrogens with one attached hydrogen (secondary N) is 1. The van der Waals surface area contributed by atoms with E-state index in [1.165, 1.54) is 7.11 Å². The van der Waals surface area contributed by atoms with Crippen LogP contribution >= 0.6 is 11.6 Å². The minimum atomic E-state index is -0.478. The average molecular weight is 438 g/mol. The number of ketones is 1. The first kappa shape index (κ1) is 21.2. The van der Waals surface area contributed by atoms with Gasteiger partial charge in [0.2, 0.25) is 0 Å². The maximum atomic E-state index is 13.4. The molecule has 2 aromatic carbocycles. The molecule has 0 radical (unpaired) electrons. The first-order valence-electron chi connectivity index (χ1n) is 10.1. The van der Waals surface area contributed by atoms with Gasteiger partial charge in [0.15, 0.2) is 5.78 Å². The molecule has 0 saturated carbocycles. The molecule has 0 amide bonds. The fraction of sp³-hybridized carbons (Fsp3) is 0.280. The summed E-state index contributed by atoms with van der Waals surface area (Å²) in [5.74, 6) is -0.119. The smallest absolute Gasteiger partial charge is 0.336 e. The van der Waals surface area contributed by atoms with Gasteiger partial charge in [-0.1, -0.05) is 35.9 Å². The Bertz CT molecular complexity index is 1080. The summed E-state index contributed by atoms with van der Waals surface area (Å²) < 4.78 is 10.3. The molecule has 31 heavy (non-hydrogen) atoms. The standard InChI is InChI=1S/C25H24ClNO4/c1-14-22(25(29)31-3)23(16-6-10-19(30-2)11-7-16)24-20(27-14)12-17(13-21(24)28)15-4-8-18(26)9-5-15/h4-11,17,23,27H,12-13H2,1-3H3. The van der Waals surface area contributed by atoms with Crippen molar-refractivity contribution in [2.75, 3.05) is 14.2 Å². The van der Waals surface area contributed by atoms with E-state index in [9.17, 15) is 9.59 Å². The zero-order valence-electron chi connectivity index (χ0n) is 17.7. The van der Waals surface area contributed by atoms with Crippen LogP contribution in [0.4, 0.5) is 0 Å². The highest BCUT2D eigenvalue weighted by Gasteiger charge is 2.41. The molecule has 2 atom stereocenters. The number of hydrogen-bond acceptors (Lipinski definition) is 5. The molecule has 2 unspecified atom stereocenters. The normalized spacial score (nSPS) is 20.8. The molecule has 160 valence electrons. The van der Waals surface area contributed by atoms with E-state index in [0.29, 0.717) is 40.5 Å². The van der Waals surface area contributed by atoms with Gasteiger partial charge >= 0.3 is 5.97 Å². The van der Waals surface area contributed by atoms with Crippen LogP contribution in [0, 0.1) is 0 Å². The lowest BCUT2D eigenvalue weighted by atomic mass is 9.72. The largest absolute Gasteiger partial charge is 0.497 e. The van der Waals surface area contributed by atoms with Crippen LogP contribution in [0.3, 0.4) is 0 Å². The summed E-state index contributed by atoms with van der Waals surface area (Å²) in [6.45, 7) is 1.85. The van der Waals surface area contributed by atoms with Crippen LogP contribution in [0.15, 0.2) is 71.1 Å². The molecule has 1 aliphatic carbocycles. The second-order valence-electron chi connectivity index (χ2n) is 7.83. The molecule has 6 heteroatoms. The van der Waals surface area contributed by atoms with Crippen LogP contribution in [0.5, 0.6) is 5.75 Å². The highest BCUT2D eigenvalue weighted by Crippen LogP contribution is 2.45. The molecule has 0 aromatic heterocycles. The molecule has 5 nitrogen and oxygen atoms in total. The zero-order valence-corrected chi connectivity index (χ0v) is 18.5. The summed E-state index contributed by atoms with van der Waals surface area (Å²) in [6, 6.07) is 15.1. The Morgan fingerprint density at radius 1 is 1.00 bits per heavy atom. The maximum absolute atomic E-state index is 13.4. The molecule has 1 N–H and O–H groups in total. The highest BCUT2D eigenvalue weighted by atomic mass is 35.5. The van der Waals surface area contributed by atoms with Gasteiger partial charge in [-0.05, 0) is 54.7 Å². The Labute approximate surface area is 186 Å².